The maximum Gasteiger partial charge on any atom is 0.264 e. The molecule has 44 heavy (non-hydrogen) atoms. The van der Waals surface area contributed by atoms with E-state index in [1.54, 1.807) is 60.7 Å². The zero-order valence-corrected chi connectivity index (χ0v) is 27.2. The van der Waals surface area contributed by atoms with Crippen LogP contribution >= 0.6 is 11.6 Å². The predicted molar refractivity (Wildman–Crippen MR) is 174 cm³/mol. The molecular formula is C34H42ClN3O5S. The van der Waals surface area contributed by atoms with Gasteiger partial charge in [0, 0.05) is 17.6 Å². The van der Waals surface area contributed by atoms with E-state index in [4.69, 9.17) is 16.3 Å². The highest BCUT2D eigenvalue weighted by Crippen LogP contribution is 2.33. The van der Waals surface area contributed by atoms with E-state index in [1.807, 2.05) is 20.8 Å². The maximum absolute atomic E-state index is 14.4. The summed E-state index contributed by atoms with van der Waals surface area (Å²) in [6, 6.07) is 19.6. The van der Waals surface area contributed by atoms with Crippen molar-refractivity contribution in [1.29, 1.82) is 0 Å². The van der Waals surface area contributed by atoms with E-state index in [2.05, 4.69) is 5.32 Å². The first kappa shape index (κ1) is 33.3. The van der Waals surface area contributed by atoms with Gasteiger partial charge < -0.3 is 15.0 Å². The molecule has 1 atom stereocenters. The number of ether oxygens (including phenoxy) is 1. The second kappa shape index (κ2) is 15.4. The maximum atomic E-state index is 14.4. The third kappa shape index (κ3) is 8.33. The van der Waals surface area contributed by atoms with Crippen molar-refractivity contribution in [2.45, 2.75) is 82.8 Å². The van der Waals surface area contributed by atoms with Gasteiger partial charge >= 0.3 is 0 Å². The number of nitrogens with one attached hydrogen (secondary N) is 1. The van der Waals surface area contributed by atoms with Crippen molar-refractivity contribution < 1.29 is 22.7 Å². The molecule has 1 N–H and O–H groups in total. The molecule has 236 valence electrons. The van der Waals surface area contributed by atoms with Crippen LogP contribution in [0.3, 0.4) is 0 Å². The van der Waals surface area contributed by atoms with Gasteiger partial charge in [-0.3, -0.25) is 13.9 Å². The number of halogens is 1. The van der Waals surface area contributed by atoms with E-state index in [0.29, 0.717) is 23.8 Å². The predicted octanol–water partition coefficient (Wildman–Crippen LogP) is 6.50. The minimum atomic E-state index is -4.21. The third-order valence-corrected chi connectivity index (χ3v) is 9.95. The van der Waals surface area contributed by atoms with E-state index in [1.165, 1.54) is 17.0 Å². The summed E-state index contributed by atoms with van der Waals surface area (Å²) in [7, 11) is -4.21. The van der Waals surface area contributed by atoms with Gasteiger partial charge in [0.2, 0.25) is 11.8 Å². The van der Waals surface area contributed by atoms with Crippen molar-refractivity contribution in [3.8, 4) is 5.75 Å². The van der Waals surface area contributed by atoms with Crippen molar-refractivity contribution in [2.24, 2.45) is 0 Å². The van der Waals surface area contributed by atoms with Gasteiger partial charge in [-0.2, -0.15) is 0 Å². The number of rotatable bonds is 13. The first-order chi connectivity index (χ1) is 21.1. The van der Waals surface area contributed by atoms with Crippen LogP contribution in [-0.4, -0.2) is 50.4 Å². The topological polar surface area (TPSA) is 96.0 Å². The number of aryl methyl sites for hydroxylation is 1. The molecule has 3 aromatic rings. The highest BCUT2D eigenvalue weighted by atomic mass is 35.5. The molecule has 0 bridgehead atoms. The lowest BCUT2D eigenvalue weighted by molar-refractivity contribution is -0.140. The fourth-order valence-corrected chi connectivity index (χ4v) is 7.09. The molecule has 0 aromatic heterocycles. The number of carbonyl (C=O) groups excluding carboxylic acids is 2. The Morgan fingerprint density at radius 2 is 1.61 bits per heavy atom. The summed E-state index contributed by atoms with van der Waals surface area (Å²) in [4.78, 5) is 29.6. The van der Waals surface area contributed by atoms with Crippen LogP contribution in [-0.2, 0) is 26.2 Å². The first-order valence-electron chi connectivity index (χ1n) is 15.3. The highest BCUT2D eigenvalue weighted by Gasteiger charge is 2.35. The summed E-state index contributed by atoms with van der Waals surface area (Å²) in [6.07, 6.45) is 5.44. The van der Waals surface area contributed by atoms with E-state index in [9.17, 15) is 18.0 Å². The van der Waals surface area contributed by atoms with Crippen LogP contribution in [0.25, 0.3) is 0 Å². The number of anilines is 1. The SMILES string of the molecule is CCOc1ccccc1N(CC(=O)N(Cc1ccc(Cl)cc1)C(CC)C(=O)NC1CCCCC1)S(=O)(=O)c1ccc(C)cc1. The van der Waals surface area contributed by atoms with E-state index < -0.39 is 28.5 Å². The summed E-state index contributed by atoms with van der Waals surface area (Å²) in [6.45, 7) is 5.44. The van der Waals surface area contributed by atoms with Crippen LogP contribution < -0.4 is 14.4 Å². The van der Waals surface area contributed by atoms with E-state index >= 15 is 0 Å². The van der Waals surface area contributed by atoms with Crippen LogP contribution in [0, 0.1) is 6.92 Å². The van der Waals surface area contributed by atoms with Gasteiger partial charge in [-0.05, 0) is 75.1 Å². The van der Waals surface area contributed by atoms with Crippen LogP contribution in [0.15, 0.2) is 77.7 Å². The molecule has 0 saturated heterocycles. The number of benzene rings is 3. The zero-order chi connectivity index (χ0) is 31.7. The molecule has 0 heterocycles. The molecule has 0 radical (unpaired) electrons. The molecule has 4 rings (SSSR count). The molecule has 10 heteroatoms. The van der Waals surface area contributed by atoms with Crippen LogP contribution in [0.5, 0.6) is 5.75 Å². The second-order valence-corrected chi connectivity index (χ2v) is 13.4. The third-order valence-electron chi connectivity index (χ3n) is 7.93. The lowest BCUT2D eigenvalue weighted by Crippen LogP contribution is -2.54. The minimum absolute atomic E-state index is 0.0496. The van der Waals surface area contributed by atoms with Crippen molar-refractivity contribution in [3.63, 3.8) is 0 Å². The summed E-state index contributed by atoms with van der Waals surface area (Å²) < 4.78 is 35.3. The number of nitrogens with zero attached hydrogens (tertiary/aromatic N) is 2. The number of para-hydroxylation sites is 2. The Bertz CT molecular complexity index is 1510. The molecule has 0 spiro atoms. The van der Waals surface area contributed by atoms with Crippen LogP contribution in [0.4, 0.5) is 5.69 Å². The largest absolute Gasteiger partial charge is 0.492 e. The van der Waals surface area contributed by atoms with Crippen molar-refractivity contribution >= 4 is 39.1 Å². The number of amides is 2. The molecular weight excluding hydrogens is 598 g/mol. The van der Waals surface area contributed by atoms with Crippen LogP contribution in [0.2, 0.25) is 5.02 Å². The number of hydrogen-bond donors (Lipinski definition) is 1. The monoisotopic (exact) mass is 639 g/mol. The van der Waals surface area contributed by atoms with Crippen molar-refractivity contribution in [2.75, 3.05) is 17.5 Å². The normalized spacial score (nSPS) is 14.5. The van der Waals surface area contributed by atoms with E-state index in [0.717, 1.165) is 47.5 Å². The average molecular weight is 640 g/mol. The fourth-order valence-electron chi connectivity index (χ4n) is 5.54. The number of sulfonamides is 1. The highest BCUT2D eigenvalue weighted by molar-refractivity contribution is 7.92. The lowest BCUT2D eigenvalue weighted by atomic mass is 9.95. The molecule has 8 nitrogen and oxygen atoms in total. The quantitative estimate of drug-likeness (QED) is 0.230. The van der Waals surface area contributed by atoms with Gasteiger partial charge in [-0.25, -0.2) is 8.42 Å². The van der Waals surface area contributed by atoms with Gasteiger partial charge in [-0.15, -0.1) is 0 Å². The Morgan fingerprint density at radius 1 is 0.955 bits per heavy atom. The summed E-state index contributed by atoms with van der Waals surface area (Å²) in [5, 5.41) is 3.72. The Balaban J connectivity index is 1.74. The van der Waals surface area contributed by atoms with E-state index in [-0.39, 0.29) is 29.1 Å². The molecule has 2 amide bonds. The van der Waals surface area contributed by atoms with Gasteiger partial charge in [0.25, 0.3) is 10.0 Å². The standard InChI is InChI=1S/C34H42ClN3O5S/c1-4-30(34(40)36-28-11-7-6-8-12-28)37(23-26-17-19-27(35)20-18-26)33(39)24-38(31-13-9-10-14-32(31)43-5-2)44(41,42)29-21-15-25(3)16-22-29/h9-10,13-22,28,30H,4-8,11-12,23-24H2,1-3H3,(H,36,40). The smallest absolute Gasteiger partial charge is 0.264 e. The average Bonchev–Trinajstić information content (AvgIpc) is 3.02. The lowest BCUT2D eigenvalue weighted by Gasteiger charge is -2.34. The minimum Gasteiger partial charge on any atom is -0.492 e. The van der Waals surface area contributed by atoms with Gasteiger partial charge in [0.15, 0.2) is 0 Å². The zero-order valence-electron chi connectivity index (χ0n) is 25.7. The van der Waals surface area contributed by atoms with Crippen molar-refractivity contribution in [3.05, 3.63) is 88.9 Å². The molecule has 1 unspecified atom stereocenters. The molecule has 3 aromatic carbocycles. The van der Waals surface area contributed by atoms with Crippen molar-refractivity contribution in [1.82, 2.24) is 10.2 Å². The summed E-state index contributed by atoms with van der Waals surface area (Å²) in [5.74, 6) is -0.401. The first-order valence-corrected chi connectivity index (χ1v) is 17.1. The number of hydrogen-bond acceptors (Lipinski definition) is 5. The second-order valence-electron chi connectivity index (χ2n) is 11.1. The molecule has 1 fully saturated rings. The summed E-state index contributed by atoms with van der Waals surface area (Å²) >= 11 is 6.12. The Hall–Kier alpha value is -3.56. The Labute approximate surface area is 266 Å². The fraction of sp³-hybridized carbons (Fsp3) is 0.412. The molecule has 1 aliphatic carbocycles. The van der Waals surface area contributed by atoms with Gasteiger partial charge in [0.1, 0.15) is 18.3 Å². The van der Waals surface area contributed by atoms with Crippen LogP contribution in [0.1, 0.15) is 63.5 Å². The Kier molecular flexibility index (Phi) is 11.7. The molecule has 1 aliphatic rings. The molecule has 0 aliphatic heterocycles. The van der Waals surface area contributed by atoms with Gasteiger partial charge in [0.05, 0.1) is 17.2 Å². The van der Waals surface area contributed by atoms with Gasteiger partial charge in [-0.1, -0.05) is 79.7 Å². The Morgan fingerprint density at radius 3 is 2.25 bits per heavy atom. The summed E-state index contributed by atoms with van der Waals surface area (Å²) in [5.41, 5.74) is 1.92. The molecule has 1 saturated carbocycles. The number of carbonyl (C=O) groups is 2.